The zero-order chi connectivity index (χ0) is 10.8. The van der Waals surface area contributed by atoms with Gasteiger partial charge in [-0.05, 0) is 13.3 Å². The van der Waals surface area contributed by atoms with Gasteiger partial charge in [0.25, 0.3) is 5.56 Å². The molecule has 0 radical (unpaired) electrons. The Hall–Kier alpha value is -1.10. The molecule has 1 saturated carbocycles. The van der Waals surface area contributed by atoms with Crippen LogP contribution in [0.5, 0.6) is 0 Å². The second-order valence-corrected chi connectivity index (χ2v) is 5.00. The fraction of sp³-hybridized carbons (Fsp3) is 0.500. The van der Waals surface area contributed by atoms with Gasteiger partial charge in [-0.2, -0.15) is 0 Å². The molecule has 0 spiro atoms. The van der Waals surface area contributed by atoms with Gasteiger partial charge in [-0.25, -0.2) is 4.98 Å². The zero-order valence-corrected chi connectivity index (χ0v) is 9.26. The van der Waals surface area contributed by atoms with Crippen molar-refractivity contribution in [1.29, 1.82) is 0 Å². The fourth-order valence-corrected chi connectivity index (χ4v) is 2.82. The lowest BCUT2D eigenvalue weighted by molar-refractivity contribution is -0.117. The topological polar surface area (TPSA) is 62.8 Å². The average Bonchev–Trinajstić information content (AvgIpc) is 2.49. The summed E-state index contributed by atoms with van der Waals surface area (Å²) in [5, 5.41) is 0.905. The summed E-state index contributed by atoms with van der Waals surface area (Å²) in [5.74, 6) is 0.308. The van der Waals surface area contributed by atoms with Gasteiger partial charge in [-0.3, -0.25) is 9.59 Å². The number of carbonyl (C=O) groups is 1. The number of thioether (sulfide) groups is 1. The van der Waals surface area contributed by atoms with Crippen LogP contribution in [-0.2, 0) is 4.79 Å². The van der Waals surface area contributed by atoms with E-state index in [0.29, 0.717) is 29.5 Å². The Morgan fingerprint density at radius 2 is 2.33 bits per heavy atom. The minimum Gasteiger partial charge on any atom is -0.301 e. The number of aromatic nitrogens is 2. The third kappa shape index (κ3) is 2.68. The second-order valence-electron chi connectivity index (χ2n) is 3.71. The molecule has 5 heteroatoms. The summed E-state index contributed by atoms with van der Waals surface area (Å²) in [6, 6.07) is 1.46. The number of aryl methyl sites for hydroxylation is 1. The standard InChI is InChI=1S/C10H12N2O2S/c1-6-4-9(14)12-10(11-6)15-8-3-2-7(13)5-8/h4,8H,2-3,5H2,1H3,(H,11,12,14). The molecule has 1 aromatic rings. The van der Waals surface area contributed by atoms with Crippen LogP contribution in [0, 0.1) is 6.92 Å². The molecule has 1 aliphatic carbocycles. The summed E-state index contributed by atoms with van der Waals surface area (Å²) in [6.45, 7) is 1.79. The zero-order valence-electron chi connectivity index (χ0n) is 8.45. The lowest BCUT2D eigenvalue weighted by atomic mass is 10.4. The maximum absolute atomic E-state index is 11.2. The molecule has 1 fully saturated rings. The van der Waals surface area contributed by atoms with Gasteiger partial charge in [0.05, 0.1) is 0 Å². The van der Waals surface area contributed by atoms with Crippen molar-refractivity contribution in [3.8, 4) is 0 Å². The first-order chi connectivity index (χ1) is 7.13. The molecule has 2 rings (SSSR count). The molecule has 1 heterocycles. The molecule has 0 amide bonds. The first kappa shape index (κ1) is 10.4. The molecular formula is C10H12N2O2S. The Morgan fingerprint density at radius 1 is 1.53 bits per heavy atom. The summed E-state index contributed by atoms with van der Waals surface area (Å²) < 4.78 is 0. The molecular weight excluding hydrogens is 212 g/mol. The molecule has 0 bridgehead atoms. The summed E-state index contributed by atoms with van der Waals surface area (Å²) in [7, 11) is 0. The normalized spacial score (nSPS) is 20.9. The van der Waals surface area contributed by atoms with Crippen molar-refractivity contribution >= 4 is 17.5 Å². The molecule has 1 aromatic heterocycles. The van der Waals surface area contributed by atoms with E-state index in [-0.39, 0.29) is 10.8 Å². The van der Waals surface area contributed by atoms with Crippen LogP contribution in [0.15, 0.2) is 16.0 Å². The predicted octanol–water partition coefficient (Wildman–Crippen LogP) is 1.29. The summed E-state index contributed by atoms with van der Waals surface area (Å²) in [5.41, 5.74) is 0.583. The maximum atomic E-state index is 11.2. The van der Waals surface area contributed by atoms with Crippen molar-refractivity contribution < 1.29 is 4.79 Å². The summed E-state index contributed by atoms with van der Waals surface area (Å²) in [6.07, 6.45) is 2.15. The highest BCUT2D eigenvalue weighted by molar-refractivity contribution is 7.99. The highest BCUT2D eigenvalue weighted by Crippen LogP contribution is 2.30. The molecule has 0 saturated heterocycles. The number of rotatable bonds is 2. The Labute approximate surface area is 91.5 Å². The molecule has 1 unspecified atom stereocenters. The van der Waals surface area contributed by atoms with Crippen molar-refractivity contribution in [3.63, 3.8) is 0 Å². The van der Waals surface area contributed by atoms with Crippen LogP contribution in [0.4, 0.5) is 0 Å². The lowest BCUT2D eigenvalue weighted by Crippen LogP contribution is -2.09. The molecule has 1 atom stereocenters. The Morgan fingerprint density at radius 3 is 2.93 bits per heavy atom. The highest BCUT2D eigenvalue weighted by atomic mass is 32.2. The van der Waals surface area contributed by atoms with Crippen LogP contribution >= 0.6 is 11.8 Å². The van der Waals surface area contributed by atoms with Gasteiger partial charge in [0.15, 0.2) is 5.16 Å². The second kappa shape index (κ2) is 4.18. The number of hydrogen-bond acceptors (Lipinski definition) is 4. The van der Waals surface area contributed by atoms with Crippen LogP contribution in [0.25, 0.3) is 0 Å². The van der Waals surface area contributed by atoms with Gasteiger partial charge in [0.2, 0.25) is 0 Å². The predicted molar refractivity (Wildman–Crippen MR) is 58.1 cm³/mol. The largest absolute Gasteiger partial charge is 0.301 e. The fourth-order valence-electron chi connectivity index (χ4n) is 1.65. The number of nitrogens with zero attached hydrogens (tertiary/aromatic N) is 1. The van der Waals surface area contributed by atoms with Gasteiger partial charge >= 0.3 is 0 Å². The Balaban J connectivity index is 2.10. The number of hydrogen-bond donors (Lipinski definition) is 1. The molecule has 1 N–H and O–H groups in total. The van der Waals surface area contributed by atoms with E-state index in [0.717, 1.165) is 6.42 Å². The van der Waals surface area contributed by atoms with Crippen LogP contribution in [0.1, 0.15) is 25.0 Å². The van der Waals surface area contributed by atoms with Crippen LogP contribution < -0.4 is 5.56 Å². The lowest BCUT2D eigenvalue weighted by Gasteiger charge is -2.06. The molecule has 1 aliphatic rings. The number of H-pyrrole nitrogens is 1. The van der Waals surface area contributed by atoms with Gasteiger partial charge in [-0.1, -0.05) is 11.8 Å². The number of nitrogens with one attached hydrogen (secondary N) is 1. The van der Waals surface area contributed by atoms with Crippen molar-refractivity contribution in [2.24, 2.45) is 0 Å². The molecule has 4 nitrogen and oxygen atoms in total. The summed E-state index contributed by atoms with van der Waals surface area (Å²) >= 11 is 1.50. The van der Waals surface area contributed by atoms with Crippen molar-refractivity contribution in [3.05, 3.63) is 22.1 Å². The Bertz CT molecular complexity index is 441. The van der Waals surface area contributed by atoms with E-state index in [4.69, 9.17) is 0 Å². The number of aromatic amines is 1. The van der Waals surface area contributed by atoms with E-state index in [1.54, 1.807) is 6.92 Å². The molecule has 0 aromatic carbocycles. The third-order valence-corrected chi connectivity index (χ3v) is 3.48. The minimum atomic E-state index is -0.130. The number of Topliss-reactive ketones (excluding diaryl/α,β-unsaturated/α-hetero) is 1. The monoisotopic (exact) mass is 224 g/mol. The van der Waals surface area contributed by atoms with Gasteiger partial charge in [0, 0.05) is 29.9 Å². The van der Waals surface area contributed by atoms with E-state index >= 15 is 0 Å². The smallest absolute Gasteiger partial charge is 0.251 e. The average molecular weight is 224 g/mol. The van der Waals surface area contributed by atoms with Gasteiger partial charge in [-0.15, -0.1) is 0 Å². The molecule has 15 heavy (non-hydrogen) atoms. The SMILES string of the molecule is Cc1cc(=O)[nH]c(SC2CCC(=O)C2)n1. The van der Waals surface area contributed by atoms with E-state index in [9.17, 15) is 9.59 Å². The van der Waals surface area contributed by atoms with Crippen LogP contribution in [-0.4, -0.2) is 21.0 Å². The van der Waals surface area contributed by atoms with Crippen molar-refractivity contribution in [1.82, 2.24) is 9.97 Å². The first-order valence-electron chi connectivity index (χ1n) is 4.90. The number of carbonyl (C=O) groups excluding carboxylic acids is 1. The summed E-state index contributed by atoms with van der Waals surface area (Å²) in [4.78, 5) is 29.1. The molecule has 80 valence electrons. The highest BCUT2D eigenvalue weighted by Gasteiger charge is 2.23. The third-order valence-electron chi connectivity index (χ3n) is 2.33. The maximum Gasteiger partial charge on any atom is 0.251 e. The van der Waals surface area contributed by atoms with E-state index in [1.807, 2.05) is 0 Å². The van der Waals surface area contributed by atoms with Crippen LogP contribution in [0.3, 0.4) is 0 Å². The van der Waals surface area contributed by atoms with E-state index < -0.39 is 0 Å². The number of ketones is 1. The first-order valence-corrected chi connectivity index (χ1v) is 5.78. The van der Waals surface area contributed by atoms with Gasteiger partial charge in [0.1, 0.15) is 5.78 Å². The van der Waals surface area contributed by atoms with Gasteiger partial charge < -0.3 is 4.98 Å². The van der Waals surface area contributed by atoms with E-state index in [2.05, 4.69) is 9.97 Å². The Kier molecular flexibility index (Phi) is 2.90. The van der Waals surface area contributed by atoms with Crippen molar-refractivity contribution in [2.45, 2.75) is 36.6 Å². The minimum absolute atomic E-state index is 0.130. The quantitative estimate of drug-likeness (QED) is 0.769. The van der Waals surface area contributed by atoms with Crippen LogP contribution in [0.2, 0.25) is 0 Å². The molecule has 0 aliphatic heterocycles. The van der Waals surface area contributed by atoms with Crippen molar-refractivity contribution in [2.75, 3.05) is 0 Å². The van der Waals surface area contributed by atoms with E-state index in [1.165, 1.54) is 17.8 Å².